The molecule has 0 aliphatic carbocycles. The Bertz CT molecular complexity index is 276. The molecule has 2 aliphatic heterocycles. The lowest BCUT2D eigenvalue weighted by Crippen LogP contribution is -2.67. The average Bonchev–Trinajstić information content (AvgIpc) is 2.04. The molecular formula is C11H18N2O2. The maximum absolute atomic E-state index is 10.6. The minimum absolute atomic E-state index is 0.351. The van der Waals surface area contributed by atoms with Crippen LogP contribution in [0.25, 0.3) is 0 Å². The van der Waals surface area contributed by atoms with E-state index in [-0.39, 0.29) is 5.91 Å². The van der Waals surface area contributed by atoms with Crippen molar-refractivity contribution >= 4 is 5.91 Å². The van der Waals surface area contributed by atoms with Gasteiger partial charge in [-0.15, -0.1) is 0 Å². The number of hydrogen-bond donors (Lipinski definition) is 1. The van der Waals surface area contributed by atoms with E-state index < -0.39 is 0 Å². The lowest BCUT2D eigenvalue weighted by molar-refractivity contribution is -0.194. The summed E-state index contributed by atoms with van der Waals surface area (Å²) in [4.78, 5) is 13.0. The van der Waals surface area contributed by atoms with Crippen molar-refractivity contribution in [3.63, 3.8) is 0 Å². The molecule has 2 aliphatic rings. The molecule has 2 saturated heterocycles. The highest BCUT2D eigenvalue weighted by atomic mass is 16.5. The van der Waals surface area contributed by atoms with Gasteiger partial charge in [-0.1, -0.05) is 13.0 Å². The van der Waals surface area contributed by atoms with Crippen molar-refractivity contribution in [1.82, 2.24) is 4.90 Å². The van der Waals surface area contributed by atoms with E-state index in [2.05, 4.69) is 11.8 Å². The third kappa shape index (κ3) is 2.06. The van der Waals surface area contributed by atoms with Gasteiger partial charge in [-0.05, 0) is 6.42 Å². The van der Waals surface area contributed by atoms with Crippen LogP contribution in [-0.2, 0) is 9.53 Å². The fourth-order valence-corrected chi connectivity index (χ4v) is 2.35. The molecule has 0 aromatic rings. The Hall–Kier alpha value is -0.870. The molecule has 2 N–H and O–H groups in total. The van der Waals surface area contributed by atoms with E-state index in [1.807, 2.05) is 6.08 Å². The number of carbonyl (C=O) groups excluding carboxylic acids is 1. The Labute approximate surface area is 90.1 Å². The second-order valence-electron chi connectivity index (χ2n) is 4.63. The Morgan fingerprint density at radius 2 is 2.27 bits per heavy atom. The monoisotopic (exact) mass is 210 g/mol. The lowest BCUT2D eigenvalue weighted by atomic mass is 9.77. The molecule has 1 spiro atoms. The molecule has 84 valence electrons. The van der Waals surface area contributed by atoms with Gasteiger partial charge in [-0.3, -0.25) is 9.69 Å². The van der Waals surface area contributed by atoms with E-state index in [1.54, 1.807) is 0 Å². The van der Waals surface area contributed by atoms with Gasteiger partial charge in [0.05, 0.1) is 13.2 Å². The highest BCUT2D eigenvalue weighted by Gasteiger charge is 2.49. The van der Waals surface area contributed by atoms with Crippen molar-refractivity contribution in [2.75, 3.05) is 26.3 Å². The first-order chi connectivity index (χ1) is 7.15. The molecule has 1 amide bonds. The van der Waals surface area contributed by atoms with E-state index in [9.17, 15) is 4.79 Å². The van der Waals surface area contributed by atoms with Gasteiger partial charge in [-0.2, -0.15) is 0 Å². The Kier molecular flexibility index (Phi) is 2.80. The highest BCUT2D eigenvalue weighted by molar-refractivity contribution is 5.85. The van der Waals surface area contributed by atoms with Gasteiger partial charge in [0.2, 0.25) is 5.91 Å². The summed E-state index contributed by atoms with van der Waals surface area (Å²) in [6.45, 7) is 6.11. The lowest BCUT2D eigenvalue weighted by Gasteiger charge is -2.57. The number of primary amides is 1. The molecule has 1 atom stereocenters. The van der Waals surface area contributed by atoms with Crippen LogP contribution in [0.15, 0.2) is 12.2 Å². The molecule has 2 heterocycles. The summed E-state index contributed by atoms with van der Waals surface area (Å²) in [5.74, 6) is -0.365. The van der Waals surface area contributed by atoms with Gasteiger partial charge in [0.25, 0.3) is 0 Å². The second-order valence-corrected chi connectivity index (χ2v) is 4.63. The summed E-state index contributed by atoms with van der Waals surface area (Å²) in [5, 5.41) is 0. The molecule has 0 aromatic carbocycles. The summed E-state index contributed by atoms with van der Waals surface area (Å²) >= 11 is 0. The van der Waals surface area contributed by atoms with Crippen LogP contribution in [0.2, 0.25) is 0 Å². The van der Waals surface area contributed by atoms with Crippen molar-refractivity contribution in [3.8, 4) is 0 Å². The topological polar surface area (TPSA) is 55.6 Å². The molecule has 0 saturated carbocycles. The van der Waals surface area contributed by atoms with E-state index in [4.69, 9.17) is 10.5 Å². The first kappa shape index (κ1) is 10.6. The van der Waals surface area contributed by atoms with E-state index in [1.165, 1.54) is 6.08 Å². The average molecular weight is 210 g/mol. The number of nitrogens with zero attached hydrogens (tertiary/aromatic N) is 1. The van der Waals surface area contributed by atoms with Crippen molar-refractivity contribution in [2.45, 2.75) is 19.4 Å². The minimum atomic E-state index is -0.365. The molecule has 4 heteroatoms. The molecule has 0 bridgehead atoms. The molecule has 1 unspecified atom stereocenters. The maximum atomic E-state index is 10.6. The Balaban J connectivity index is 1.84. The normalized spacial score (nSPS) is 26.2. The van der Waals surface area contributed by atoms with Crippen molar-refractivity contribution < 1.29 is 9.53 Å². The number of likely N-dealkylation sites (tertiary alicyclic amines) is 1. The summed E-state index contributed by atoms with van der Waals surface area (Å²) in [6, 6.07) is 0.351. The zero-order valence-electron chi connectivity index (χ0n) is 9.11. The molecular weight excluding hydrogens is 192 g/mol. The molecule has 0 radical (unpaired) electrons. The fourth-order valence-electron chi connectivity index (χ4n) is 2.35. The van der Waals surface area contributed by atoms with E-state index in [0.29, 0.717) is 11.5 Å². The van der Waals surface area contributed by atoms with Crippen molar-refractivity contribution in [1.29, 1.82) is 0 Å². The number of carbonyl (C=O) groups is 1. The van der Waals surface area contributed by atoms with Crippen LogP contribution in [0, 0.1) is 5.41 Å². The maximum Gasteiger partial charge on any atom is 0.241 e. The predicted molar refractivity (Wildman–Crippen MR) is 57.2 cm³/mol. The minimum Gasteiger partial charge on any atom is -0.380 e. The largest absolute Gasteiger partial charge is 0.380 e. The van der Waals surface area contributed by atoms with Gasteiger partial charge >= 0.3 is 0 Å². The van der Waals surface area contributed by atoms with E-state index >= 15 is 0 Å². The number of hydrogen-bond acceptors (Lipinski definition) is 3. The number of rotatable bonds is 4. The van der Waals surface area contributed by atoms with Gasteiger partial charge in [0.1, 0.15) is 0 Å². The van der Waals surface area contributed by atoms with Gasteiger partial charge in [0, 0.05) is 30.6 Å². The van der Waals surface area contributed by atoms with Gasteiger partial charge in [0.15, 0.2) is 0 Å². The third-order valence-electron chi connectivity index (χ3n) is 3.26. The second kappa shape index (κ2) is 3.94. The molecule has 2 rings (SSSR count). The van der Waals surface area contributed by atoms with Crippen LogP contribution < -0.4 is 5.73 Å². The first-order valence-electron chi connectivity index (χ1n) is 5.45. The zero-order chi connectivity index (χ0) is 10.9. The van der Waals surface area contributed by atoms with Crippen LogP contribution in [0.4, 0.5) is 0 Å². The predicted octanol–water partition coefficient (Wildman–Crippen LogP) is 0.139. The molecule has 4 nitrogen and oxygen atoms in total. The molecule has 0 aromatic heterocycles. The first-order valence-corrected chi connectivity index (χ1v) is 5.45. The van der Waals surface area contributed by atoms with E-state index in [0.717, 1.165) is 32.7 Å². The Morgan fingerprint density at radius 1 is 1.60 bits per heavy atom. The van der Waals surface area contributed by atoms with Crippen LogP contribution in [0.3, 0.4) is 0 Å². The van der Waals surface area contributed by atoms with Crippen LogP contribution in [-0.4, -0.2) is 43.2 Å². The quantitative estimate of drug-likeness (QED) is 0.671. The standard InChI is InChI=1S/C11H18N2O2/c1-2-9(3-4-10(12)14)13-5-11(6-13)7-15-8-11/h3-4,9H,2,5-8H2,1H3,(H2,12,14). The smallest absolute Gasteiger partial charge is 0.241 e. The molecule has 15 heavy (non-hydrogen) atoms. The van der Waals surface area contributed by atoms with Crippen molar-refractivity contribution in [3.05, 3.63) is 12.2 Å². The third-order valence-corrected chi connectivity index (χ3v) is 3.26. The summed E-state index contributed by atoms with van der Waals surface area (Å²) in [5.41, 5.74) is 5.52. The van der Waals surface area contributed by atoms with Gasteiger partial charge in [-0.25, -0.2) is 0 Å². The van der Waals surface area contributed by atoms with Crippen LogP contribution >= 0.6 is 0 Å². The van der Waals surface area contributed by atoms with Crippen molar-refractivity contribution in [2.24, 2.45) is 11.1 Å². The zero-order valence-corrected chi connectivity index (χ0v) is 9.11. The summed E-state index contributed by atoms with van der Waals surface area (Å²) < 4.78 is 5.22. The fraction of sp³-hybridized carbons (Fsp3) is 0.727. The summed E-state index contributed by atoms with van der Waals surface area (Å²) in [6.07, 6.45) is 4.39. The van der Waals surface area contributed by atoms with Gasteiger partial charge < -0.3 is 10.5 Å². The molecule has 2 fully saturated rings. The number of ether oxygens (including phenoxy) is 1. The summed E-state index contributed by atoms with van der Waals surface area (Å²) in [7, 11) is 0. The van der Waals surface area contributed by atoms with Crippen LogP contribution in [0.5, 0.6) is 0 Å². The van der Waals surface area contributed by atoms with Crippen LogP contribution in [0.1, 0.15) is 13.3 Å². The highest BCUT2D eigenvalue weighted by Crippen LogP contribution is 2.39. The number of amides is 1. The SMILES string of the molecule is CCC(C=CC(N)=O)N1CC2(COC2)C1. The number of nitrogens with two attached hydrogens (primary N) is 1. The Morgan fingerprint density at radius 3 is 2.67 bits per heavy atom.